The van der Waals surface area contributed by atoms with Crippen molar-refractivity contribution < 1.29 is 19.2 Å². The maximum atomic E-state index is 11.8. The predicted molar refractivity (Wildman–Crippen MR) is 94.3 cm³/mol. The molecule has 0 unspecified atom stereocenters. The van der Waals surface area contributed by atoms with Gasteiger partial charge in [0.15, 0.2) is 6.61 Å². The smallest absolute Gasteiger partial charge is 0.316 e. The van der Waals surface area contributed by atoms with Gasteiger partial charge >= 0.3 is 5.97 Å². The summed E-state index contributed by atoms with van der Waals surface area (Å²) in [5.41, 5.74) is 0.000652. The first-order valence-electron chi connectivity index (χ1n) is 8.26. The molecule has 0 bridgehead atoms. The van der Waals surface area contributed by atoms with Crippen molar-refractivity contribution in [2.75, 3.05) is 12.4 Å². The van der Waals surface area contributed by atoms with Gasteiger partial charge in [-0.15, -0.1) is 11.8 Å². The molecule has 1 aromatic carbocycles. The molecule has 1 fully saturated rings. The second-order valence-corrected chi connectivity index (χ2v) is 7.27. The van der Waals surface area contributed by atoms with Crippen LogP contribution in [0.15, 0.2) is 29.2 Å². The highest BCUT2D eigenvalue weighted by molar-refractivity contribution is 8.00. The minimum Gasteiger partial charge on any atom is -0.455 e. The van der Waals surface area contributed by atoms with Gasteiger partial charge in [-0.2, -0.15) is 0 Å². The van der Waals surface area contributed by atoms with Gasteiger partial charge in [0.25, 0.3) is 11.6 Å². The van der Waals surface area contributed by atoms with E-state index in [1.165, 1.54) is 23.9 Å². The van der Waals surface area contributed by atoms with Crippen LogP contribution in [0.3, 0.4) is 0 Å². The number of carbonyl (C=O) groups is 2. The van der Waals surface area contributed by atoms with E-state index in [0.717, 1.165) is 30.6 Å². The van der Waals surface area contributed by atoms with E-state index in [1.54, 1.807) is 12.1 Å². The number of ether oxygens (including phenoxy) is 1. The molecule has 0 aromatic heterocycles. The summed E-state index contributed by atoms with van der Waals surface area (Å²) in [7, 11) is 0. The topological polar surface area (TPSA) is 98.5 Å². The second-order valence-electron chi connectivity index (χ2n) is 6.22. The Morgan fingerprint density at radius 1 is 1.24 bits per heavy atom. The van der Waals surface area contributed by atoms with E-state index in [0.29, 0.717) is 5.92 Å². The standard InChI is InChI=1S/C17H22N2O5S/c1-12-2-4-13(5-3-12)18-16(20)10-24-17(21)11-25-15-8-6-14(7-9-15)19(22)23/h6-9,12-13H,2-5,10-11H2,1H3,(H,18,20). The lowest BCUT2D eigenvalue weighted by Crippen LogP contribution is -2.39. The molecule has 0 atom stereocenters. The van der Waals surface area contributed by atoms with Crippen molar-refractivity contribution in [3.8, 4) is 0 Å². The van der Waals surface area contributed by atoms with Gasteiger partial charge < -0.3 is 10.1 Å². The third kappa shape index (κ3) is 6.74. The van der Waals surface area contributed by atoms with Crippen LogP contribution < -0.4 is 5.32 Å². The number of amides is 1. The molecule has 136 valence electrons. The number of non-ortho nitro benzene ring substituents is 1. The molecule has 8 heteroatoms. The lowest BCUT2D eigenvalue weighted by molar-refractivity contribution is -0.384. The Balaban J connectivity index is 1.64. The Morgan fingerprint density at radius 3 is 2.48 bits per heavy atom. The molecule has 1 aliphatic carbocycles. The fraction of sp³-hybridized carbons (Fsp3) is 0.529. The SMILES string of the molecule is CC1CCC(NC(=O)COC(=O)CSc2ccc([N+](=O)[O-])cc2)CC1. The summed E-state index contributed by atoms with van der Waals surface area (Å²) >= 11 is 1.21. The van der Waals surface area contributed by atoms with Gasteiger partial charge in [0.2, 0.25) is 0 Å². The highest BCUT2D eigenvalue weighted by atomic mass is 32.2. The van der Waals surface area contributed by atoms with Gasteiger partial charge in [-0.1, -0.05) is 6.92 Å². The first-order chi connectivity index (χ1) is 11.9. The van der Waals surface area contributed by atoms with Gasteiger partial charge in [0, 0.05) is 23.1 Å². The molecular formula is C17H22N2O5S. The summed E-state index contributed by atoms with van der Waals surface area (Å²) in [6, 6.07) is 6.09. The van der Waals surface area contributed by atoms with Crippen LogP contribution in [0, 0.1) is 16.0 Å². The molecule has 0 aliphatic heterocycles. The van der Waals surface area contributed by atoms with E-state index in [9.17, 15) is 19.7 Å². The Hall–Kier alpha value is -2.09. The van der Waals surface area contributed by atoms with Crippen LogP contribution in [-0.4, -0.2) is 35.2 Å². The lowest BCUT2D eigenvalue weighted by Gasteiger charge is -2.26. The Morgan fingerprint density at radius 2 is 1.88 bits per heavy atom. The molecule has 1 amide bonds. The average molecular weight is 366 g/mol. The van der Waals surface area contributed by atoms with Crippen LogP contribution in [0.2, 0.25) is 0 Å². The number of hydrogen-bond donors (Lipinski definition) is 1. The van der Waals surface area contributed by atoms with Crippen LogP contribution in [0.1, 0.15) is 32.6 Å². The molecule has 0 saturated heterocycles. The molecule has 0 heterocycles. The fourth-order valence-corrected chi connectivity index (χ4v) is 3.36. The number of carbonyl (C=O) groups excluding carboxylic acids is 2. The first-order valence-corrected chi connectivity index (χ1v) is 9.25. The average Bonchev–Trinajstić information content (AvgIpc) is 2.60. The van der Waals surface area contributed by atoms with Crippen LogP contribution in [0.25, 0.3) is 0 Å². The van der Waals surface area contributed by atoms with Gasteiger partial charge in [0.05, 0.1) is 10.7 Å². The van der Waals surface area contributed by atoms with Crippen molar-refractivity contribution in [1.82, 2.24) is 5.32 Å². The molecule has 1 aliphatic rings. The highest BCUT2D eigenvalue weighted by Crippen LogP contribution is 2.23. The fourth-order valence-electron chi connectivity index (χ4n) is 2.67. The number of nitrogens with one attached hydrogen (secondary N) is 1. The molecular weight excluding hydrogens is 344 g/mol. The summed E-state index contributed by atoms with van der Waals surface area (Å²) in [6.45, 7) is 1.94. The number of nitro groups is 1. The van der Waals surface area contributed by atoms with Gasteiger partial charge in [0.1, 0.15) is 0 Å². The monoisotopic (exact) mass is 366 g/mol. The molecule has 1 N–H and O–H groups in total. The second kappa shape index (κ2) is 9.41. The Labute approximate surface area is 150 Å². The van der Waals surface area contributed by atoms with E-state index >= 15 is 0 Å². The maximum absolute atomic E-state index is 11.8. The minimum absolute atomic E-state index is 0.000652. The van der Waals surface area contributed by atoms with Crippen molar-refractivity contribution in [2.45, 2.75) is 43.5 Å². The number of nitro benzene ring substituents is 1. The van der Waals surface area contributed by atoms with Crippen molar-refractivity contribution in [1.29, 1.82) is 0 Å². The number of esters is 1. The normalized spacial score (nSPS) is 19.9. The molecule has 1 aromatic rings. The molecule has 2 rings (SSSR count). The third-order valence-corrected chi connectivity index (χ3v) is 5.13. The quantitative estimate of drug-likeness (QED) is 0.345. The third-order valence-electron chi connectivity index (χ3n) is 4.15. The molecule has 25 heavy (non-hydrogen) atoms. The van der Waals surface area contributed by atoms with Crippen LogP contribution >= 0.6 is 11.8 Å². The molecule has 0 spiro atoms. The van der Waals surface area contributed by atoms with E-state index in [2.05, 4.69) is 12.2 Å². The maximum Gasteiger partial charge on any atom is 0.316 e. The molecule has 7 nitrogen and oxygen atoms in total. The number of benzene rings is 1. The van der Waals surface area contributed by atoms with Gasteiger partial charge in [-0.3, -0.25) is 19.7 Å². The zero-order valence-electron chi connectivity index (χ0n) is 14.1. The van der Waals surface area contributed by atoms with E-state index < -0.39 is 10.9 Å². The molecule has 1 saturated carbocycles. The predicted octanol–water partition coefficient (Wildman–Crippen LogP) is 2.93. The summed E-state index contributed by atoms with van der Waals surface area (Å²) in [5.74, 6) is -0.00195. The van der Waals surface area contributed by atoms with Crippen molar-refractivity contribution in [2.24, 2.45) is 5.92 Å². The zero-order valence-corrected chi connectivity index (χ0v) is 14.9. The largest absolute Gasteiger partial charge is 0.455 e. The van der Waals surface area contributed by atoms with Crippen molar-refractivity contribution >= 4 is 29.3 Å². The lowest BCUT2D eigenvalue weighted by atomic mass is 9.87. The van der Waals surface area contributed by atoms with Crippen LogP contribution in [-0.2, 0) is 14.3 Å². The molecule has 0 radical (unpaired) electrons. The summed E-state index contributed by atoms with van der Waals surface area (Å²) < 4.78 is 4.97. The van der Waals surface area contributed by atoms with E-state index in [4.69, 9.17) is 4.74 Å². The number of hydrogen-bond acceptors (Lipinski definition) is 6. The van der Waals surface area contributed by atoms with Gasteiger partial charge in [-0.25, -0.2) is 0 Å². The van der Waals surface area contributed by atoms with Crippen molar-refractivity contribution in [3.63, 3.8) is 0 Å². The van der Waals surface area contributed by atoms with E-state index in [-0.39, 0.29) is 30.0 Å². The Kier molecular flexibility index (Phi) is 7.24. The van der Waals surface area contributed by atoms with Gasteiger partial charge in [-0.05, 0) is 43.7 Å². The summed E-state index contributed by atoms with van der Waals surface area (Å²) in [5, 5.41) is 13.5. The van der Waals surface area contributed by atoms with Crippen LogP contribution in [0.5, 0.6) is 0 Å². The summed E-state index contributed by atoms with van der Waals surface area (Å²) in [6.07, 6.45) is 4.15. The number of nitrogens with zero attached hydrogens (tertiary/aromatic N) is 1. The highest BCUT2D eigenvalue weighted by Gasteiger charge is 2.20. The van der Waals surface area contributed by atoms with E-state index in [1.807, 2.05) is 0 Å². The Bertz CT molecular complexity index is 612. The number of rotatable bonds is 7. The first kappa shape index (κ1) is 19.2. The number of thioether (sulfide) groups is 1. The van der Waals surface area contributed by atoms with Crippen molar-refractivity contribution in [3.05, 3.63) is 34.4 Å². The zero-order chi connectivity index (χ0) is 18.2. The summed E-state index contributed by atoms with van der Waals surface area (Å²) in [4.78, 5) is 34.3. The van der Waals surface area contributed by atoms with Crippen LogP contribution in [0.4, 0.5) is 5.69 Å². The minimum atomic E-state index is -0.490.